The highest BCUT2D eigenvalue weighted by Crippen LogP contribution is 2.24. The third-order valence-corrected chi connectivity index (χ3v) is 4.52. The number of hydrogen-bond donors (Lipinski definition) is 1. The van der Waals surface area contributed by atoms with E-state index in [1.165, 1.54) is 18.7 Å². The van der Waals surface area contributed by atoms with E-state index in [4.69, 9.17) is 4.74 Å². The molecule has 2 rings (SSSR count). The van der Waals surface area contributed by atoms with Crippen molar-refractivity contribution in [3.63, 3.8) is 0 Å². The molecule has 0 aromatic heterocycles. The number of rotatable bonds is 5. The number of carbonyl (C=O) groups excluding carboxylic acids is 3. The average Bonchev–Trinajstić information content (AvgIpc) is 2.94. The minimum atomic E-state index is -0.979. The molecule has 1 heterocycles. The van der Waals surface area contributed by atoms with Crippen molar-refractivity contribution < 1.29 is 19.1 Å². The van der Waals surface area contributed by atoms with E-state index >= 15 is 0 Å². The van der Waals surface area contributed by atoms with Gasteiger partial charge in [0.25, 0.3) is 5.91 Å². The Balaban J connectivity index is 1.88. The van der Waals surface area contributed by atoms with Gasteiger partial charge in [-0.3, -0.25) is 14.5 Å². The monoisotopic (exact) mass is 336 g/mol. The highest BCUT2D eigenvalue weighted by Gasteiger charge is 2.32. The van der Waals surface area contributed by atoms with Crippen molar-refractivity contribution >= 4 is 29.7 Å². The highest BCUT2D eigenvalue weighted by molar-refractivity contribution is 8.00. The lowest BCUT2D eigenvalue weighted by atomic mass is 10.2. The molecule has 0 spiro atoms. The van der Waals surface area contributed by atoms with Gasteiger partial charge in [0.15, 0.2) is 6.10 Å². The lowest BCUT2D eigenvalue weighted by Gasteiger charge is -2.19. The topological polar surface area (TPSA) is 75.7 Å². The molecule has 1 aliphatic rings. The van der Waals surface area contributed by atoms with Crippen molar-refractivity contribution in [3.05, 3.63) is 29.8 Å². The molecule has 1 aliphatic heterocycles. The molecule has 124 valence electrons. The third kappa shape index (κ3) is 4.48. The molecule has 0 saturated carbocycles. The average molecular weight is 336 g/mol. The second kappa shape index (κ2) is 7.50. The Kier molecular flexibility index (Phi) is 5.65. The van der Waals surface area contributed by atoms with Crippen LogP contribution in [0, 0.1) is 6.92 Å². The first kappa shape index (κ1) is 17.3. The van der Waals surface area contributed by atoms with Gasteiger partial charge in [0.2, 0.25) is 0 Å². The molecule has 0 bridgehead atoms. The third-order valence-electron chi connectivity index (χ3n) is 3.43. The van der Waals surface area contributed by atoms with Crippen LogP contribution in [0.2, 0.25) is 0 Å². The van der Waals surface area contributed by atoms with Crippen molar-refractivity contribution in [3.8, 4) is 0 Å². The minimum absolute atomic E-state index is 0.299. The second-order valence-electron chi connectivity index (χ2n) is 5.37. The number of urea groups is 1. The molecule has 1 aromatic carbocycles. The maximum Gasteiger partial charge on any atom is 0.324 e. The van der Waals surface area contributed by atoms with Crippen LogP contribution in [0.1, 0.15) is 19.4 Å². The highest BCUT2D eigenvalue weighted by atomic mass is 32.2. The molecule has 3 amide bonds. The minimum Gasteiger partial charge on any atom is -0.452 e. The normalized spacial score (nSPS) is 16.7. The maximum absolute atomic E-state index is 12.1. The number of benzene rings is 1. The number of hydrogen-bond acceptors (Lipinski definition) is 5. The second-order valence-corrected chi connectivity index (χ2v) is 6.79. The van der Waals surface area contributed by atoms with Gasteiger partial charge in [-0.25, -0.2) is 4.79 Å². The van der Waals surface area contributed by atoms with E-state index in [9.17, 15) is 14.4 Å². The molecule has 6 nitrogen and oxygen atoms in total. The molecule has 1 fully saturated rings. The Hall–Kier alpha value is -2.02. The zero-order chi connectivity index (χ0) is 17.0. The van der Waals surface area contributed by atoms with Crippen LogP contribution >= 0.6 is 11.8 Å². The summed E-state index contributed by atoms with van der Waals surface area (Å²) >= 11 is 1.37. The summed E-state index contributed by atoms with van der Waals surface area (Å²) in [6.07, 6.45) is -0.979. The molecule has 23 heavy (non-hydrogen) atoms. The quantitative estimate of drug-likeness (QED) is 0.657. The summed E-state index contributed by atoms with van der Waals surface area (Å²) in [5.41, 5.74) is 1.15. The number of nitrogens with zero attached hydrogens (tertiary/aromatic N) is 1. The number of thioether (sulfide) groups is 1. The summed E-state index contributed by atoms with van der Waals surface area (Å²) in [4.78, 5) is 37.7. The summed E-state index contributed by atoms with van der Waals surface area (Å²) in [6.45, 7) is 5.92. The van der Waals surface area contributed by atoms with Gasteiger partial charge in [0.05, 0.1) is 0 Å². The van der Waals surface area contributed by atoms with E-state index in [0.29, 0.717) is 13.1 Å². The van der Waals surface area contributed by atoms with Gasteiger partial charge < -0.3 is 10.1 Å². The summed E-state index contributed by atoms with van der Waals surface area (Å²) < 4.78 is 5.20. The summed E-state index contributed by atoms with van der Waals surface area (Å²) in [6, 6.07) is 7.37. The molecular formula is C16H20N2O4S. The van der Waals surface area contributed by atoms with Crippen LogP contribution in [-0.2, 0) is 14.3 Å². The van der Waals surface area contributed by atoms with E-state index in [1.807, 2.05) is 31.2 Å². The molecule has 2 atom stereocenters. The fourth-order valence-corrected chi connectivity index (χ4v) is 2.94. The molecule has 0 radical (unpaired) electrons. The van der Waals surface area contributed by atoms with Gasteiger partial charge in [-0.1, -0.05) is 17.7 Å². The lowest BCUT2D eigenvalue weighted by Crippen LogP contribution is -2.42. The van der Waals surface area contributed by atoms with Crippen LogP contribution in [0.3, 0.4) is 0 Å². The number of ether oxygens (including phenoxy) is 1. The van der Waals surface area contributed by atoms with Gasteiger partial charge in [0.1, 0.15) is 5.25 Å². The number of esters is 1. The zero-order valence-electron chi connectivity index (χ0n) is 13.4. The number of aryl methyl sites for hydroxylation is 1. The van der Waals surface area contributed by atoms with Crippen LogP contribution in [0.4, 0.5) is 4.79 Å². The zero-order valence-corrected chi connectivity index (χ0v) is 14.2. The Morgan fingerprint density at radius 1 is 1.26 bits per heavy atom. The van der Waals surface area contributed by atoms with Crippen molar-refractivity contribution in [1.82, 2.24) is 10.2 Å². The molecule has 0 aliphatic carbocycles. The fourth-order valence-electron chi connectivity index (χ4n) is 2.09. The van der Waals surface area contributed by atoms with E-state index in [2.05, 4.69) is 5.32 Å². The fraction of sp³-hybridized carbons (Fsp3) is 0.438. The number of nitrogens with one attached hydrogen (secondary N) is 1. The van der Waals surface area contributed by atoms with Crippen molar-refractivity contribution in [2.75, 3.05) is 13.1 Å². The maximum atomic E-state index is 12.1. The van der Waals surface area contributed by atoms with Crippen LogP contribution in [0.25, 0.3) is 0 Å². The number of imide groups is 1. The molecular weight excluding hydrogens is 316 g/mol. The summed E-state index contributed by atoms with van der Waals surface area (Å²) in [5, 5.41) is 2.10. The van der Waals surface area contributed by atoms with Crippen LogP contribution in [0.15, 0.2) is 29.2 Å². The number of amides is 3. The van der Waals surface area contributed by atoms with E-state index in [-0.39, 0.29) is 0 Å². The molecule has 1 N–H and O–H groups in total. The Morgan fingerprint density at radius 2 is 1.91 bits per heavy atom. The van der Waals surface area contributed by atoms with Crippen molar-refractivity contribution in [1.29, 1.82) is 0 Å². The summed E-state index contributed by atoms with van der Waals surface area (Å²) in [7, 11) is 0. The van der Waals surface area contributed by atoms with Gasteiger partial charge >= 0.3 is 12.0 Å². The molecule has 7 heteroatoms. The first-order chi connectivity index (χ1) is 10.9. The van der Waals surface area contributed by atoms with Crippen molar-refractivity contribution in [2.24, 2.45) is 0 Å². The smallest absolute Gasteiger partial charge is 0.324 e. The predicted molar refractivity (Wildman–Crippen MR) is 87.2 cm³/mol. The summed E-state index contributed by atoms with van der Waals surface area (Å²) in [5.74, 6) is -0.975. The van der Waals surface area contributed by atoms with Gasteiger partial charge in [0, 0.05) is 18.0 Å². The van der Waals surface area contributed by atoms with E-state index in [0.717, 1.165) is 15.4 Å². The van der Waals surface area contributed by atoms with Crippen LogP contribution < -0.4 is 5.32 Å². The Labute approximate surface area is 139 Å². The molecule has 1 saturated heterocycles. The first-order valence-electron chi connectivity index (χ1n) is 7.41. The van der Waals surface area contributed by atoms with Crippen molar-refractivity contribution in [2.45, 2.75) is 37.0 Å². The van der Waals surface area contributed by atoms with Crippen LogP contribution in [-0.4, -0.2) is 47.3 Å². The van der Waals surface area contributed by atoms with Gasteiger partial charge in [-0.2, -0.15) is 0 Å². The van der Waals surface area contributed by atoms with Gasteiger partial charge in [-0.15, -0.1) is 11.8 Å². The van der Waals surface area contributed by atoms with E-state index in [1.54, 1.807) is 6.92 Å². The largest absolute Gasteiger partial charge is 0.452 e. The molecule has 0 unspecified atom stereocenters. The lowest BCUT2D eigenvalue weighted by molar-refractivity contribution is -0.156. The predicted octanol–water partition coefficient (Wildman–Crippen LogP) is 1.96. The van der Waals surface area contributed by atoms with Gasteiger partial charge in [-0.05, 0) is 32.9 Å². The van der Waals surface area contributed by atoms with Crippen LogP contribution in [0.5, 0.6) is 0 Å². The first-order valence-corrected chi connectivity index (χ1v) is 8.29. The Morgan fingerprint density at radius 3 is 2.48 bits per heavy atom. The standard InChI is InChI=1S/C16H20N2O4S/c1-10-4-6-13(7-5-10)23-12(3)15(20)22-11(2)14(19)18-9-8-17-16(18)21/h4-7,11-12H,8-9H2,1-3H3,(H,17,21)/t11-,12+/m1/s1. The SMILES string of the molecule is Cc1ccc(S[C@@H](C)C(=O)O[C@H](C)C(=O)N2CCNC2=O)cc1. The molecule has 1 aromatic rings. The Bertz CT molecular complexity index is 603. The van der Waals surface area contributed by atoms with E-state index < -0.39 is 29.3 Å². The number of carbonyl (C=O) groups is 3.